The summed E-state index contributed by atoms with van der Waals surface area (Å²) in [4.78, 5) is 5.61. The van der Waals surface area contributed by atoms with Crippen molar-refractivity contribution >= 4 is 21.4 Å². The van der Waals surface area contributed by atoms with Crippen LogP contribution in [0.2, 0.25) is 0 Å². The van der Waals surface area contributed by atoms with Gasteiger partial charge in [-0.15, -0.1) is 0 Å². The SMILES string of the molecule is CCCCN(CCCC)c1cc(C(N)=NC(O)O)cc(S(C)(=O)=O)c1Oc1ccccc1. The van der Waals surface area contributed by atoms with E-state index in [2.05, 4.69) is 23.7 Å². The molecule has 0 unspecified atom stereocenters. The van der Waals surface area contributed by atoms with E-state index in [1.807, 2.05) is 18.2 Å². The summed E-state index contributed by atoms with van der Waals surface area (Å²) in [6.07, 6.45) is 2.85. The number of amidine groups is 1. The highest BCUT2D eigenvalue weighted by atomic mass is 32.2. The number of aliphatic hydroxyl groups is 2. The highest BCUT2D eigenvalue weighted by Gasteiger charge is 2.25. The maximum Gasteiger partial charge on any atom is 0.255 e. The summed E-state index contributed by atoms with van der Waals surface area (Å²) in [6, 6.07) is 12.0. The first kappa shape index (κ1) is 25.6. The molecule has 0 aromatic heterocycles. The maximum absolute atomic E-state index is 12.8. The molecule has 176 valence electrons. The Morgan fingerprint density at radius 1 is 1.09 bits per heavy atom. The predicted molar refractivity (Wildman–Crippen MR) is 127 cm³/mol. The molecule has 2 rings (SSSR count). The van der Waals surface area contributed by atoms with Crippen molar-refractivity contribution in [2.24, 2.45) is 10.7 Å². The van der Waals surface area contributed by atoms with Gasteiger partial charge in [-0.05, 0) is 37.1 Å². The average molecular weight is 464 g/mol. The van der Waals surface area contributed by atoms with E-state index in [0.29, 0.717) is 24.5 Å². The Labute approximate surface area is 190 Å². The number of hydrogen-bond donors (Lipinski definition) is 3. The highest BCUT2D eigenvalue weighted by molar-refractivity contribution is 7.90. The molecule has 2 aromatic rings. The largest absolute Gasteiger partial charge is 0.454 e. The quantitative estimate of drug-likeness (QED) is 0.251. The van der Waals surface area contributed by atoms with E-state index >= 15 is 0 Å². The summed E-state index contributed by atoms with van der Waals surface area (Å²) in [7, 11) is -3.72. The molecule has 0 saturated heterocycles. The second-order valence-corrected chi connectivity index (χ2v) is 9.55. The zero-order valence-corrected chi connectivity index (χ0v) is 19.7. The van der Waals surface area contributed by atoms with Gasteiger partial charge < -0.3 is 25.6 Å². The van der Waals surface area contributed by atoms with Crippen LogP contribution in [0.4, 0.5) is 5.69 Å². The molecule has 4 N–H and O–H groups in total. The molecule has 32 heavy (non-hydrogen) atoms. The topological polar surface area (TPSA) is 125 Å². The number of nitrogens with zero attached hydrogens (tertiary/aromatic N) is 2. The first-order valence-electron chi connectivity index (χ1n) is 10.7. The first-order chi connectivity index (χ1) is 15.2. The van der Waals surface area contributed by atoms with Gasteiger partial charge in [0.15, 0.2) is 15.6 Å². The molecule has 0 radical (unpaired) electrons. The lowest BCUT2D eigenvalue weighted by molar-refractivity contribution is -0.0310. The minimum atomic E-state index is -3.72. The molecule has 0 saturated carbocycles. The van der Waals surface area contributed by atoms with Crippen LogP contribution in [0.5, 0.6) is 11.5 Å². The van der Waals surface area contributed by atoms with Crippen molar-refractivity contribution in [1.29, 1.82) is 0 Å². The number of benzene rings is 2. The molecule has 0 aliphatic rings. The smallest absolute Gasteiger partial charge is 0.255 e. The van der Waals surface area contributed by atoms with E-state index in [9.17, 15) is 18.6 Å². The molecule has 0 aliphatic heterocycles. The summed E-state index contributed by atoms with van der Waals surface area (Å²) in [5.41, 5.74) is 6.79. The lowest BCUT2D eigenvalue weighted by atomic mass is 10.1. The Morgan fingerprint density at radius 2 is 1.69 bits per heavy atom. The van der Waals surface area contributed by atoms with Crippen LogP contribution in [0, 0.1) is 0 Å². The summed E-state index contributed by atoms with van der Waals surface area (Å²) >= 11 is 0. The molecule has 0 spiro atoms. The summed E-state index contributed by atoms with van der Waals surface area (Å²) in [6.45, 7) is 5.58. The maximum atomic E-state index is 12.8. The number of aliphatic imine (C=N–C) groups is 1. The minimum Gasteiger partial charge on any atom is -0.454 e. The molecule has 0 fully saturated rings. The van der Waals surface area contributed by atoms with Gasteiger partial charge in [-0.3, -0.25) is 0 Å². The fourth-order valence-electron chi connectivity index (χ4n) is 3.20. The highest BCUT2D eigenvalue weighted by Crippen LogP contribution is 2.40. The molecule has 9 heteroatoms. The fourth-order valence-corrected chi connectivity index (χ4v) is 4.03. The summed E-state index contributed by atoms with van der Waals surface area (Å²) in [5.74, 6) is 0.542. The van der Waals surface area contributed by atoms with E-state index < -0.39 is 16.3 Å². The number of rotatable bonds is 12. The molecule has 8 nitrogen and oxygen atoms in total. The van der Waals surface area contributed by atoms with Gasteiger partial charge in [-0.1, -0.05) is 44.9 Å². The van der Waals surface area contributed by atoms with Crippen molar-refractivity contribution in [2.75, 3.05) is 24.2 Å². The van der Waals surface area contributed by atoms with Crippen molar-refractivity contribution in [3.63, 3.8) is 0 Å². The van der Waals surface area contributed by atoms with Gasteiger partial charge in [0.25, 0.3) is 6.41 Å². The van der Waals surface area contributed by atoms with E-state index in [0.717, 1.165) is 31.9 Å². The summed E-state index contributed by atoms with van der Waals surface area (Å²) in [5, 5.41) is 18.4. The van der Waals surface area contributed by atoms with Crippen LogP contribution in [0.1, 0.15) is 45.1 Å². The Morgan fingerprint density at radius 3 is 2.19 bits per heavy atom. The van der Waals surface area contributed by atoms with E-state index in [-0.39, 0.29) is 22.0 Å². The Balaban J connectivity index is 2.78. The number of sulfone groups is 1. The lowest BCUT2D eigenvalue weighted by Crippen LogP contribution is -2.27. The number of aliphatic hydroxyl groups excluding tert-OH is 1. The van der Waals surface area contributed by atoms with Crippen molar-refractivity contribution < 1.29 is 23.4 Å². The second kappa shape index (κ2) is 11.8. The standard InChI is InChI=1S/C23H33N3O5S/c1-4-6-13-26(14-7-5-2)19-15-17(22(24)25-23(27)28)16-20(32(3,29)30)21(19)31-18-11-9-8-10-12-18/h8-12,15-16,23,27-28H,4-7,13-14H2,1-3H3,(H2,24,25). The normalized spacial score (nSPS) is 12.2. The third kappa shape index (κ3) is 7.22. The van der Waals surface area contributed by atoms with Crippen LogP contribution in [-0.2, 0) is 9.84 Å². The van der Waals surface area contributed by atoms with Crippen molar-refractivity contribution in [1.82, 2.24) is 0 Å². The Kier molecular flexibility index (Phi) is 9.49. The van der Waals surface area contributed by atoms with E-state index in [1.54, 1.807) is 18.2 Å². The zero-order valence-electron chi connectivity index (χ0n) is 18.9. The number of ether oxygens (including phenoxy) is 1. The van der Waals surface area contributed by atoms with E-state index in [4.69, 9.17) is 10.5 Å². The molecule has 0 atom stereocenters. The number of hydrogen-bond acceptors (Lipinski definition) is 7. The van der Waals surface area contributed by atoms with Crippen LogP contribution in [0.3, 0.4) is 0 Å². The number of anilines is 1. The lowest BCUT2D eigenvalue weighted by Gasteiger charge is -2.28. The zero-order chi connectivity index (χ0) is 23.7. The molecular weight excluding hydrogens is 430 g/mol. The second-order valence-electron chi connectivity index (χ2n) is 7.56. The van der Waals surface area contributed by atoms with Crippen LogP contribution in [0.25, 0.3) is 0 Å². The van der Waals surface area contributed by atoms with Gasteiger partial charge in [-0.25, -0.2) is 13.4 Å². The first-order valence-corrected chi connectivity index (χ1v) is 12.6. The van der Waals surface area contributed by atoms with Gasteiger partial charge in [-0.2, -0.15) is 0 Å². The molecule has 0 amide bonds. The minimum absolute atomic E-state index is 0.0440. The van der Waals surface area contributed by atoms with E-state index in [1.165, 1.54) is 6.07 Å². The molecular formula is C23H33N3O5S. The molecule has 2 aromatic carbocycles. The van der Waals surface area contributed by atoms with Crippen LogP contribution in [0.15, 0.2) is 52.4 Å². The number of nitrogens with two attached hydrogens (primary N) is 1. The van der Waals surface area contributed by atoms with Gasteiger partial charge in [0.2, 0.25) is 0 Å². The summed E-state index contributed by atoms with van der Waals surface area (Å²) < 4.78 is 31.7. The number of para-hydroxylation sites is 1. The average Bonchev–Trinajstić information content (AvgIpc) is 2.73. The Hall–Kier alpha value is -2.62. The molecule has 0 bridgehead atoms. The van der Waals surface area contributed by atoms with Gasteiger partial charge in [0.05, 0.1) is 5.69 Å². The fraction of sp³-hybridized carbons (Fsp3) is 0.435. The van der Waals surface area contributed by atoms with Gasteiger partial charge >= 0.3 is 0 Å². The van der Waals surface area contributed by atoms with Crippen molar-refractivity contribution in [3.8, 4) is 11.5 Å². The van der Waals surface area contributed by atoms with Crippen molar-refractivity contribution in [3.05, 3.63) is 48.0 Å². The third-order valence-corrected chi connectivity index (χ3v) is 5.95. The van der Waals surface area contributed by atoms with Crippen LogP contribution >= 0.6 is 0 Å². The molecule has 0 heterocycles. The van der Waals surface area contributed by atoms with Crippen LogP contribution in [-0.4, -0.2) is 50.2 Å². The monoisotopic (exact) mass is 463 g/mol. The molecule has 0 aliphatic carbocycles. The van der Waals surface area contributed by atoms with Crippen LogP contribution < -0.4 is 15.4 Å². The number of unbranched alkanes of at least 4 members (excludes halogenated alkanes) is 2. The third-order valence-electron chi connectivity index (χ3n) is 4.85. The van der Waals surface area contributed by atoms with Crippen molar-refractivity contribution in [2.45, 2.75) is 50.8 Å². The predicted octanol–water partition coefficient (Wildman–Crippen LogP) is 3.26. The van der Waals surface area contributed by atoms with Gasteiger partial charge in [0.1, 0.15) is 16.5 Å². The Bertz CT molecular complexity index is 1000. The van der Waals surface area contributed by atoms with Gasteiger partial charge in [0, 0.05) is 24.9 Å².